The fourth-order valence-electron chi connectivity index (χ4n) is 2.18. The van der Waals surface area contributed by atoms with Crippen LogP contribution < -0.4 is 14.8 Å². The molecule has 0 unspecified atom stereocenters. The second-order valence-electron chi connectivity index (χ2n) is 4.95. The van der Waals surface area contributed by atoms with Gasteiger partial charge in [0.25, 0.3) is 5.56 Å². The highest BCUT2D eigenvalue weighted by Crippen LogP contribution is 2.24. The minimum atomic E-state index is -0.296. The van der Waals surface area contributed by atoms with Gasteiger partial charge in [0.05, 0.1) is 4.53 Å². The molecule has 0 radical (unpaired) electrons. The Morgan fingerprint density at radius 3 is 2.52 bits per heavy atom. The molecule has 1 aromatic carbocycles. The van der Waals surface area contributed by atoms with Gasteiger partial charge in [0.15, 0.2) is 5.57 Å². The van der Waals surface area contributed by atoms with Crippen LogP contribution >= 0.6 is 34.5 Å². The summed E-state index contributed by atoms with van der Waals surface area (Å²) in [5.41, 5.74) is 0.120. The largest absolute Gasteiger partial charge is 0.385 e. The lowest BCUT2D eigenvalue weighted by Crippen LogP contribution is -2.32. The summed E-state index contributed by atoms with van der Waals surface area (Å²) in [7, 11) is 1.57. The van der Waals surface area contributed by atoms with E-state index in [4.69, 9.17) is 38.5 Å². The van der Waals surface area contributed by atoms with E-state index in [9.17, 15) is 4.79 Å². The molecule has 128 valence electrons. The maximum atomic E-state index is 12.7. The molecule has 0 fully saturated rings. The van der Waals surface area contributed by atoms with Gasteiger partial charge >= 0.3 is 0 Å². The Morgan fingerprint density at radius 1 is 1.32 bits per heavy atom. The van der Waals surface area contributed by atoms with Crippen molar-refractivity contribution in [3.05, 3.63) is 53.4 Å². The highest BCUT2D eigenvalue weighted by Gasteiger charge is 2.10. The Hall–Kier alpha value is -2.09. The molecule has 1 heterocycles. The third-order valence-electron chi connectivity index (χ3n) is 3.35. The second kappa shape index (κ2) is 8.84. The molecular formula is C17H13Cl2N3O2S. The Morgan fingerprint density at radius 2 is 1.96 bits per heavy atom. The Balaban J connectivity index is 2.74. The Kier molecular flexibility index (Phi) is 6.81. The van der Waals surface area contributed by atoms with Gasteiger partial charge in [-0.3, -0.25) is 9.36 Å². The fraction of sp³-hybridized carbons (Fsp3) is 0.235. The van der Waals surface area contributed by atoms with Gasteiger partial charge in [-0.05, 0) is 24.6 Å². The number of aromatic nitrogens is 1. The quantitative estimate of drug-likeness (QED) is 0.729. The number of benzene rings is 1. The molecule has 1 aromatic heterocycles. The number of ether oxygens (including phenoxy) is 1. The van der Waals surface area contributed by atoms with Crippen molar-refractivity contribution in [2.24, 2.45) is 0 Å². The number of hydrogen-bond donors (Lipinski definition) is 0. The van der Waals surface area contributed by atoms with E-state index in [1.807, 2.05) is 12.1 Å². The van der Waals surface area contributed by atoms with Crippen LogP contribution in [0.5, 0.6) is 0 Å². The van der Waals surface area contributed by atoms with Crippen molar-refractivity contribution in [1.82, 2.24) is 4.57 Å². The monoisotopic (exact) mass is 393 g/mol. The molecule has 2 rings (SSSR count). The molecule has 0 aliphatic rings. The molecule has 0 saturated carbocycles. The van der Waals surface area contributed by atoms with E-state index in [1.165, 1.54) is 4.57 Å². The van der Waals surface area contributed by atoms with Crippen molar-refractivity contribution in [3.8, 4) is 12.1 Å². The summed E-state index contributed by atoms with van der Waals surface area (Å²) in [5, 5.41) is 19.1. The van der Waals surface area contributed by atoms with Crippen molar-refractivity contribution in [3.63, 3.8) is 0 Å². The van der Waals surface area contributed by atoms with Gasteiger partial charge in [-0.25, -0.2) is 0 Å². The van der Waals surface area contributed by atoms with Crippen LogP contribution in [0, 0.1) is 22.7 Å². The summed E-state index contributed by atoms with van der Waals surface area (Å²) >= 11 is 13.4. The van der Waals surface area contributed by atoms with E-state index in [-0.39, 0.29) is 11.1 Å². The number of methoxy groups -OCH3 is 1. The number of nitrogens with zero attached hydrogens (tertiary/aromatic N) is 3. The molecule has 2 aromatic rings. The summed E-state index contributed by atoms with van der Waals surface area (Å²) in [4.78, 5) is 12.7. The van der Waals surface area contributed by atoms with Crippen LogP contribution in [0.2, 0.25) is 10.0 Å². The minimum Gasteiger partial charge on any atom is -0.385 e. The third-order valence-corrected chi connectivity index (χ3v) is 5.14. The molecule has 0 aliphatic carbocycles. The van der Waals surface area contributed by atoms with Crippen molar-refractivity contribution < 1.29 is 4.74 Å². The van der Waals surface area contributed by atoms with E-state index in [2.05, 4.69) is 0 Å². The first kappa shape index (κ1) is 19.2. The van der Waals surface area contributed by atoms with E-state index in [0.717, 1.165) is 11.3 Å². The zero-order valence-corrected chi connectivity index (χ0v) is 15.6. The van der Waals surface area contributed by atoms with E-state index in [1.54, 1.807) is 31.4 Å². The molecule has 0 N–H and O–H groups in total. The lowest BCUT2D eigenvalue weighted by atomic mass is 10.2. The molecule has 5 nitrogen and oxygen atoms in total. The maximum absolute atomic E-state index is 12.7. The summed E-state index contributed by atoms with van der Waals surface area (Å²) in [6, 6.07) is 8.73. The van der Waals surface area contributed by atoms with Gasteiger partial charge in [0, 0.05) is 35.9 Å². The first-order chi connectivity index (χ1) is 12.0. The van der Waals surface area contributed by atoms with Crippen LogP contribution in [0.4, 0.5) is 0 Å². The molecule has 0 spiro atoms. The topological polar surface area (TPSA) is 78.8 Å². The number of thiazole rings is 1. The van der Waals surface area contributed by atoms with E-state index in [0.29, 0.717) is 44.4 Å². The van der Waals surface area contributed by atoms with Gasteiger partial charge in [-0.2, -0.15) is 10.5 Å². The number of rotatable bonds is 5. The standard InChI is InChI=1S/C17H13Cl2N3O2S/c1-24-7-3-6-22-16(23)15(25-17(22)11(9-20)10-21)8-12-13(18)4-2-5-14(12)19/h2,4-5,8H,3,6-7H2,1H3/b15-8+. The van der Waals surface area contributed by atoms with Crippen LogP contribution in [0.25, 0.3) is 11.6 Å². The molecule has 0 saturated heterocycles. The zero-order valence-electron chi connectivity index (χ0n) is 13.3. The highest BCUT2D eigenvalue weighted by atomic mass is 35.5. The van der Waals surface area contributed by atoms with Gasteiger partial charge < -0.3 is 4.74 Å². The van der Waals surface area contributed by atoms with Gasteiger partial charge in [0.2, 0.25) is 0 Å². The van der Waals surface area contributed by atoms with Gasteiger partial charge in [-0.15, -0.1) is 11.3 Å². The van der Waals surface area contributed by atoms with Crippen LogP contribution in [-0.4, -0.2) is 18.3 Å². The third kappa shape index (κ3) is 4.31. The molecule has 25 heavy (non-hydrogen) atoms. The van der Waals surface area contributed by atoms with Gasteiger partial charge in [-0.1, -0.05) is 29.3 Å². The van der Waals surface area contributed by atoms with Crippen LogP contribution in [0.3, 0.4) is 0 Å². The number of halogens is 2. The fourth-order valence-corrected chi connectivity index (χ4v) is 3.74. The van der Waals surface area contributed by atoms with Crippen molar-refractivity contribution in [2.45, 2.75) is 13.0 Å². The molecule has 0 bridgehead atoms. The van der Waals surface area contributed by atoms with Crippen molar-refractivity contribution in [1.29, 1.82) is 10.5 Å². The summed E-state index contributed by atoms with van der Waals surface area (Å²) in [6.07, 6.45) is 2.16. The predicted octanol–water partition coefficient (Wildman–Crippen LogP) is 2.28. The molecule has 8 heteroatoms. The maximum Gasteiger partial charge on any atom is 0.269 e. The normalized spacial score (nSPS) is 11.2. The van der Waals surface area contributed by atoms with Crippen molar-refractivity contribution >= 4 is 46.2 Å². The Labute approximate surface area is 158 Å². The number of nitriles is 2. The van der Waals surface area contributed by atoms with E-state index >= 15 is 0 Å². The van der Waals surface area contributed by atoms with Crippen molar-refractivity contribution in [2.75, 3.05) is 13.7 Å². The first-order valence-corrected chi connectivity index (χ1v) is 8.79. The summed E-state index contributed by atoms with van der Waals surface area (Å²) < 4.78 is 7.09. The molecule has 0 amide bonds. The van der Waals surface area contributed by atoms with Crippen LogP contribution in [-0.2, 0) is 11.3 Å². The van der Waals surface area contributed by atoms with Crippen LogP contribution in [0.15, 0.2) is 23.0 Å². The second-order valence-corrected chi connectivity index (χ2v) is 6.80. The van der Waals surface area contributed by atoms with E-state index < -0.39 is 0 Å². The minimum absolute atomic E-state index is 0.107. The molecule has 0 atom stereocenters. The van der Waals surface area contributed by atoms with Crippen LogP contribution in [0.1, 0.15) is 12.0 Å². The lowest BCUT2D eigenvalue weighted by molar-refractivity contribution is 0.190. The Bertz CT molecular complexity index is 1010. The SMILES string of the molecule is COCCCn1c(=C(C#N)C#N)s/c(=C/c2c(Cl)cccc2Cl)c1=O. The lowest BCUT2D eigenvalue weighted by Gasteiger charge is -2.01. The predicted molar refractivity (Wildman–Crippen MR) is 99.0 cm³/mol. The zero-order chi connectivity index (χ0) is 18.4. The summed E-state index contributed by atoms with van der Waals surface area (Å²) in [5.74, 6) is 0. The molecule has 0 aliphatic heterocycles. The smallest absolute Gasteiger partial charge is 0.269 e. The average Bonchev–Trinajstić information content (AvgIpc) is 2.89. The summed E-state index contributed by atoms with van der Waals surface area (Å²) in [6.45, 7) is 0.807. The number of hydrogen-bond acceptors (Lipinski definition) is 5. The molecular weight excluding hydrogens is 381 g/mol. The highest BCUT2D eigenvalue weighted by molar-refractivity contribution is 7.07. The van der Waals surface area contributed by atoms with Gasteiger partial charge in [0.1, 0.15) is 16.8 Å². The average molecular weight is 394 g/mol. The first-order valence-electron chi connectivity index (χ1n) is 7.22.